The highest BCUT2D eigenvalue weighted by atomic mass is 16.5. The van der Waals surface area contributed by atoms with Crippen LogP contribution in [0.25, 0.3) is 0 Å². The number of likely N-dealkylation sites (tertiary alicyclic amines) is 1. The third-order valence-electron chi connectivity index (χ3n) is 5.30. The highest BCUT2D eigenvalue weighted by Crippen LogP contribution is 2.28. The van der Waals surface area contributed by atoms with E-state index in [9.17, 15) is 9.59 Å². The molecule has 1 saturated heterocycles. The normalized spacial score (nSPS) is 14.2. The third kappa shape index (κ3) is 5.23. The molecular formula is C23H28N2O5. The number of benzene rings is 2. The molecule has 0 saturated carbocycles. The van der Waals surface area contributed by atoms with E-state index in [1.807, 2.05) is 29.2 Å². The van der Waals surface area contributed by atoms with Crippen LogP contribution in [0.15, 0.2) is 42.5 Å². The van der Waals surface area contributed by atoms with Crippen LogP contribution in [0.3, 0.4) is 0 Å². The van der Waals surface area contributed by atoms with Gasteiger partial charge in [-0.3, -0.25) is 9.59 Å². The van der Waals surface area contributed by atoms with Crippen LogP contribution in [-0.2, 0) is 11.2 Å². The topological polar surface area (TPSA) is 77.1 Å². The second-order valence-electron chi connectivity index (χ2n) is 7.23. The predicted molar refractivity (Wildman–Crippen MR) is 113 cm³/mol. The Hall–Kier alpha value is -3.22. The highest BCUT2D eigenvalue weighted by molar-refractivity contribution is 5.95. The Morgan fingerprint density at radius 2 is 1.60 bits per heavy atom. The lowest BCUT2D eigenvalue weighted by atomic mass is 10.0. The lowest BCUT2D eigenvalue weighted by Crippen LogP contribution is -2.46. The molecule has 0 unspecified atom stereocenters. The molecule has 1 heterocycles. The summed E-state index contributed by atoms with van der Waals surface area (Å²) in [5.74, 6) is 1.84. The first-order valence-corrected chi connectivity index (χ1v) is 9.97. The number of hydrogen-bond acceptors (Lipinski definition) is 5. The van der Waals surface area contributed by atoms with Gasteiger partial charge < -0.3 is 24.4 Å². The Bertz CT molecular complexity index is 874. The summed E-state index contributed by atoms with van der Waals surface area (Å²) >= 11 is 0. The maximum absolute atomic E-state index is 12.8. The summed E-state index contributed by atoms with van der Waals surface area (Å²) in [6, 6.07) is 12.7. The van der Waals surface area contributed by atoms with Crippen LogP contribution in [-0.4, -0.2) is 57.2 Å². The van der Waals surface area contributed by atoms with Crippen molar-refractivity contribution in [3.63, 3.8) is 0 Å². The number of nitrogens with one attached hydrogen (secondary N) is 1. The summed E-state index contributed by atoms with van der Waals surface area (Å²) in [6.45, 7) is 1.20. The largest absolute Gasteiger partial charge is 0.497 e. The second-order valence-corrected chi connectivity index (χ2v) is 7.23. The van der Waals surface area contributed by atoms with E-state index < -0.39 is 0 Å². The molecule has 0 radical (unpaired) electrons. The van der Waals surface area contributed by atoms with Crippen molar-refractivity contribution in [1.29, 1.82) is 0 Å². The number of nitrogens with zero attached hydrogens (tertiary/aromatic N) is 1. The zero-order valence-corrected chi connectivity index (χ0v) is 17.6. The van der Waals surface area contributed by atoms with Crippen LogP contribution in [0, 0.1) is 0 Å². The first kappa shape index (κ1) is 21.5. The first-order valence-electron chi connectivity index (χ1n) is 9.97. The van der Waals surface area contributed by atoms with E-state index in [1.165, 1.54) is 0 Å². The van der Waals surface area contributed by atoms with E-state index in [4.69, 9.17) is 14.2 Å². The number of methoxy groups -OCH3 is 3. The lowest BCUT2D eigenvalue weighted by molar-refractivity contribution is -0.121. The second kappa shape index (κ2) is 10.0. The van der Waals surface area contributed by atoms with E-state index in [1.54, 1.807) is 39.5 Å². The number of carbonyl (C=O) groups is 2. The molecule has 0 aliphatic carbocycles. The minimum atomic E-state index is -0.0426. The molecule has 30 heavy (non-hydrogen) atoms. The van der Waals surface area contributed by atoms with Crippen molar-refractivity contribution in [2.45, 2.75) is 25.3 Å². The Morgan fingerprint density at radius 1 is 0.933 bits per heavy atom. The van der Waals surface area contributed by atoms with Crippen molar-refractivity contribution >= 4 is 11.8 Å². The smallest absolute Gasteiger partial charge is 0.253 e. The van der Waals surface area contributed by atoms with Crippen LogP contribution >= 0.6 is 0 Å². The molecule has 3 rings (SSSR count). The van der Waals surface area contributed by atoms with E-state index in [-0.39, 0.29) is 17.9 Å². The molecule has 1 N–H and O–H groups in total. The van der Waals surface area contributed by atoms with Gasteiger partial charge in [0.25, 0.3) is 5.91 Å². The van der Waals surface area contributed by atoms with E-state index in [2.05, 4.69) is 5.32 Å². The quantitative estimate of drug-likeness (QED) is 0.757. The van der Waals surface area contributed by atoms with E-state index in [0.29, 0.717) is 36.6 Å². The molecular weight excluding hydrogens is 384 g/mol. The Labute approximate surface area is 176 Å². The summed E-state index contributed by atoms with van der Waals surface area (Å²) in [6.07, 6.45) is 1.79. The number of carbonyl (C=O) groups excluding carboxylic acids is 2. The fraction of sp³-hybridized carbons (Fsp3) is 0.391. The van der Waals surface area contributed by atoms with Crippen LogP contribution in [0.2, 0.25) is 0 Å². The van der Waals surface area contributed by atoms with Gasteiger partial charge in [0, 0.05) is 24.7 Å². The zero-order valence-electron chi connectivity index (χ0n) is 17.6. The summed E-state index contributed by atoms with van der Waals surface area (Å²) in [7, 11) is 4.73. The van der Waals surface area contributed by atoms with Crippen molar-refractivity contribution < 1.29 is 23.8 Å². The molecule has 0 aromatic heterocycles. The lowest BCUT2D eigenvalue weighted by Gasteiger charge is -2.32. The molecule has 160 valence electrons. The van der Waals surface area contributed by atoms with Gasteiger partial charge in [-0.25, -0.2) is 0 Å². The van der Waals surface area contributed by atoms with Gasteiger partial charge in [-0.05, 0) is 48.7 Å². The fourth-order valence-electron chi connectivity index (χ4n) is 3.59. The SMILES string of the molecule is COc1ccc(CC(=O)NC2CCN(C(=O)c3ccc(OC)c(OC)c3)CC2)cc1. The van der Waals surface area contributed by atoms with Gasteiger partial charge in [-0.15, -0.1) is 0 Å². The van der Waals surface area contributed by atoms with Gasteiger partial charge in [0.15, 0.2) is 11.5 Å². The van der Waals surface area contributed by atoms with Crippen molar-refractivity contribution in [1.82, 2.24) is 10.2 Å². The van der Waals surface area contributed by atoms with Crippen LogP contribution in [0.1, 0.15) is 28.8 Å². The number of amides is 2. The first-order chi connectivity index (χ1) is 14.5. The number of rotatable bonds is 7. The van der Waals surface area contributed by atoms with Crippen LogP contribution in [0.4, 0.5) is 0 Å². The minimum absolute atomic E-state index is 0.00941. The average molecular weight is 412 g/mol. The molecule has 0 atom stereocenters. The maximum Gasteiger partial charge on any atom is 0.253 e. The molecule has 2 aromatic rings. The summed E-state index contributed by atoms with van der Waals surface area (Å²) in [5.41, 5.74) is 1.50. The fourth-order valence-corrected chi connectivity index (χ4v) is 3.59. The van der Waals surface area contributed by atoms with Gasteiger partial charge >= 0.3 is 0 Å². The highest BCUT2D eigenvalue weighted by Gasteiger charge is 2.25. The van der Waals surface area contributed by atoms with Gasteiger partial charge in [0.2, 0.25) is 5.91 Å². The van der Waals surface area contributed by atoms with Gasteiger partial charge in [0.1, 0.15) is 5.75 Å². The van der Waals surface area contributed by atoms with E-state index in [0.717, 1.165) is 24.2 Å². The van der Waals surface area contributed by atoms with Crippen LogP contribution in [0.5, 0.6) is 17.2 Å². The zero-order chi connectivity index (χ0) is 21.5. The number of ether oxygens (including phenoxy) is 3. The number of piperidine rings is 1. The van der Waals surface area contributed by atoms with Gasteiger partial charge in [-0.2, -0.15) is 0 Å². The molecule has 0 bridgehead atoms. The van der Waals surface area contributed by atoms with Crippen molar-refractivity contribution in [2.75, 3.05) is 34.4 Å². The molecule has 1 fully saturated rings. The van der Waals surface area contributed by atoms with Crippen LogP contribution < -0.4 is 19.5 Å². The standard InChI is InChI=1S/C23H28N2O5/c1-28-19-7-4-16(5-8-19)14-22(26)24-18-10-12-25(13-11-18)23(27)17-6-9-20(29-2)21(15-17)30-3/h4-9,15,18H,10-14H2,1-3H3,(H,24,26). The molecule has 0 spiro atoms. The molecule has 7 heteroatoms. The maximum atomic E-state index is 12.8. The monoisotopic (exact) mass is 412 g/mol. The average Bonchev–Trinajstić information content (AvgIpc) is 2.79. The Morgan fingerprint density at radius 3 is 2.20 bits per heavy atom. The van der Waals surface area contributed by atoms with E-state index >= 15 is 0 Å². The van der Waals surface area contributed by atoms with Crippen molar-refractivity contribution in [3.05, 3.63) is 53.6 Å². The third-order valence-corrected chi connectivity index (χ3v) is 5.30. The molecule has 1 aliphatic heterocycles. The Balaban J connectivity index is 1.50. The summed E-state index contributed by atoms with van der Waals surface area (Å²) in [4.78, 5) is 27.0. The predicted octanol–water partition coefficient (Wildman–Crippen LogP) is 2.68. The minimum Gasteiger partial charge on any atom is -0.497 e. The van der Waals surface area contributed by atoms with Gasteiger partial charge in [0.05, 0.1) is 27.8 Å². The van der Waals surface area contributed by atoms with Crippen molar-refractivity contribution in [2.24, 2.45) is 0 Å². The molecule has 2 amide bonds. The summed E-state index contributed by atoms with van der Waals surface area (Å²) < 4.78 is 15.6. The molecule has 2 aromatic carbocycles. The molecule has 1 aliphatic rings. The summed E-state index contributed by atoms with van der Waals surface area (Å²) in [5, 5.41) is 3.08. The van der Waals surface area contributed by atoms with Crippen molar-refractivity contribution in [3.8, 4) is 17.2 Å². The molecule has 7 nitrogen and oxygen atoms in total. The van der Waals surface area contributed by atoms with Gasteiger partial charge in [-0.1, -0.05) is 12.1 Å². The Kier molecular flexibility index (Phi) is 7.17. The number of hydrogen-bond donors (Lipinski definition) is 1.